The smallest absolute Gasteiger partial charge is 0.387 e. The first kappa shape index (κ1) is 13.9. The second-order valence-electron chi connectivity index (χ2n) is 3.56. The predicted molar refractivity (Wildman–Crippen MR) is 59.5 cm³/mol. The van der Waals surface area contributed by atoms with Crippen LogP contribution in [0.4, 0.5) is 8.78 Å². The molecule has 0 bridgehead atoms. The minimum atomic E-state index is -3.35. The zero-order valence-corrected chi connectivity index (χ0v) is 10.2. The number of rotatable bonds is 5. The first-order chi connectivity index (χ1) is 7.78. The predicted octanol–water partition coefficient (Wildman–Crippen LogP) is 1.90. The number of ether oxygens (including phenoxy) is 1. The van der Waals surface area contributed by atoms with E-state index in [-0.39, 0.29) is 5.75 Å². The van der Waals surface area contributed by atoms with Crippen LogP contribution in [-0.2, 0) is 10.0 Å². The lowest BCUT2D eigenvalue weighted by Gasteiger charge is -2.13. The Morgan fingerprint density at radius 1 is 1.35 bits per heavy atom. The third-order valence-electron chi connectivity index (χ3n) is 1.97. The van der Waals surface area contributed by atoms with E-state index in [1.807, 2.05) is 0 Å². The summed E-state index contributed by atoms with van der Waals surface area (Å²) in [4.78, 5) is 0. The number of hydrogen-bond donors (Lipinski definition) is 1. The van der Waals surface area contributed by atoms with Gasteiger partial charge in [0.25, 0.3) is 0 Å². The highest BCUT2D eigenvalue weighted by Crippen LogP contribution is 2.20. The second kappa shape index (κ2) is 5.42. The summed E-state index contributed by atoms with van der Waals surface area (Å²) in [7, 11) is -3.35. The minimum absolute atomic E-state index is 0.000323. The van der Waals surface area contributed by atoms with Crippen molar-refractivity contribution in [2.75, 3.05) is 6.26 Å². The van der Waals surface area contributed by atoms with Gasteiger partial charge >= 0.3 is 6.61 Å². The summed E-state index contributed by atoms with van der Waals surface area (Å²) >= 11 is 0. The van der Waals surface area contributed by atoms with E-state index in [0.29, 0.717) is 5.56 Å². The molecule has 96 valence electrons. The molecule has 1 aromatic rings. The molecule has 17 heavy (non-hydrogen) atoms. The van der Waals surface area contributed by atoms with Crippen LogP contribution < -0.4 is 9.46 Å². The lowest BCUT2D eigenvalue weighted by atomic mass is 10.1. The van der Waals surface area contributed by atoms with E-state index in [9.17, 15) is 17.2 Å². The molecule has 0 spiro atoms. The molecule has 0 aromatic heterocycles. The van der Waals surface area contributed by atoms with Gasteiger partial charge in [-0.3, -0.25) is 0 Å². The van der Waals surface area contributed by atoms with Gasteiger partial charge in [-0.1, -0.05) is 12.1 Å². The van der Waals surface area contributed by atoms with Gasteiger partial charge in [-0.15, -0.1) is 0 Å². The summed E-state index contributed by atoms with van der Waals surface area (Å²) in [5.41, 5.74) is 0.550. The van der Waals surface area contributed by atoms with E-state index < -0.39 is 22.7 Å². The van der Waals surface area contributed by atoms with Crippen LogP contribution in [0.2, 0.25) is 0 Å². The fraction of sp³-hybridized carbons (Fsp3) is 0.400. The largest absolute Gasteiger partial charge is 0.435 e. The Labute approximate surface area is 98.6 Å². The van der Waals surface area contributed by atoms with Gasteiger partial charge in [-0.25, -0.2) is 13.1 Å². The van der Waals surface area contributed by atoms with Crippen LogP contribution in [0.15, 0.2) is 24.3 Å². The van der Waals surface area contributed by atoms with Crippen molar-refractivity contribution in [2.24, 2.45) is 0 Å². The molecule has 0 aliphatic heterocycles. The van der Waals surface area contributed by atoms with E-state index in [1.54, 1.807) is 13.0 Å². The van der Waals surface area contributed by atoms with E-state index in [0.717, 1.165) is 6.26 Å². The number of sulfonamides is 1. The van der Waals surface area contributed by atoms with Crippen molar-refractivity contribution in [3.05, 3.63) is 29.8 Å². The number of nitrogens with one attached hydrogen (secondary N) is 1. The van der Waals surface area contributed by atoms with Crippen molar-refractivity contribution in [3.63, 3.8) is 0 Å². The molecule has 0 radical (unpaired) electrons. The standard InChI is InChI=1S/C10H13F2NO3S/c1-7(13-17(2,14)15)8-4-3-5-9(6-8)16-10(11)12/h3-7,10,13H,1-2H3/t7-/m1/s1. The van der Waals surface area contributed by atoms with Crippen molar-refractivity contribution in [3.8, 4) is 5.75 Å². The Kier molecular flexibility index (Phi) is 4.41. The summed E-state index contributed by atoms with van der Waals surface area (Å²) in [5.74, 6) is -0.000323. The quantitative estimate of drug-likeness (QED) is 0.884. The molecule has 1 N–H and O–H groups in total. The van der Waals surface area contributed by atoms with Crippen LogP contribution in [0.1, 0.15) is 18.5 Å². The first-order valence-corrected chi connectivity index (χ1v) is 6.69. The monoisotopic (exact) mass is 265 g/mol. The van der Waals surface area contributed by atoms with Gasteiger partial charge in [0.2, 0.25) is 10.0 Å². The molecule has 0 saturated heterocycles. The zero-order valence-electron chi connectivity index (χ0n) is 9.35. The van der Waals surface area contributed by atoms with Crippen molar-refractivity contribution < 1.29 is 21.9 Å². The molecule has 0 amide bonds. The normalized spacial score (nSPS) is 13.7. The van der Waals surface area contributed by atoms with Crippen LogP contribution in [0, 0.1) is 0 Å². The molecule has 7 heteroatoms. The van der Waals surface area contributed by atoms with Crippen molar-refractivity contribution in [1.29, 1.82) is 0 Å². The molecule has 0 aliphatic carbocycles. The van der Waals surface area contributed by atoms with Crippen LogP contribution in [0.3, 0.4) is 0 Å². The van der Waals surface area contributed by atoms with Crippen LogP contribution in [-0.4, -0.2) is 21.3 Å². The van der Waals surface area contributed by atoms with Gasteiger partial charge in [0.15, 0.2) is 0 Å². The number of halogens is 2. The Hall–Kier alpha value is -1.21. The van der Waals surface area contributed by atoms with Gasteiger partial charge in [0.05, 0.1) is 6.26 Å². The maximum Gasteiger partial charge on any atom is 0.387 e. The molecule has 0 heterocycles. The highest BCUT2D eigenvalue weighted by molar-refractivity contribution is 7.88. The maximum atomic E-state index is 12.0. The fourth-order valence-corrected chi connectivity index (χ4v) is 2.13. The highest BCUT2D eigenvalue weighted by atomic mass is 32.2. The Bertz CT molecular complexity index is 476. The highest BCUT2D eigenvalue weighted by Gasteiger charge is 2.12. The van der Waals surface area contributed by atoms with Crippen molar-refractivity contribution in [1.82, 2.24) is 4.72 Å². The zero-order chi connectivity index (χ0) is 13.1. The molecule has 0 aliphatic rings. The topological polar surface area (TPSA) is 55.4 Å². The van der Waals surface area contributed by atoms with Gasteiger partial charge in [-0.2, -0.15) is 8.78 Å². The average molecular weight is 265 g/mol. The van der Waals surface area contributed by atoms with Crippen LogP contribution >= 0.6 is 0 Å². The third-order valence-corrected chi connectivity index (χ3v) is 2.76. The minimum Gasteiger partial charge on any atom is -0.435 e. The summed E-state index contributed by atoms with van der Waals surface area (Å²) in [5, 5.41) is 0. The van der Waals surface area contributed by atoms with Gasteiger partial charge in [-0.05, 0) is 24.6 Å². The molecular formula is C10H13F2NO3S. The molecule has 0 saturated carbocycles. The summed E-state index contributed by atoms with van der Waals surface area (Å²) in [6.45, 7) is -1.29. The Morgan fingerprint density at radius 2 is 2.00 bits per heavy atom. The van der Waals surface area contributed by atoms with Crippen molar-refractivity contribution in [2.45, 2.75) is 19.6 Å². The van der Waals surface area contributed by atoms with E-state index in [2.05, 4.69) is 9.46 Å². The second-order valence-corrected chi connectivity index (χ2v) is 5.34. The number of benzene rings is 1. The summed E-state index contributed by atoms with van der Waals surface area (Å²) in [6, 6.07) is 5.39. The van der Waals surface area contributed by atoms with Gasteiger partial charge in [0.1, 0.15) is 5.75 Å². The Balaban J connectivity index is 2.84. The lowest BCUT2D eigenvalue weighted by molar-refractivity contribution is -0.0499. The van der Waals surface area contributed by atoms with E-state index >= 15 is 0 Å². The average Bonchev–Trinajstić information content (AvgIpc) is 2.14. The van der Waals surface area contributed by atoms with Gasteiger partial charge < -0.3 is 4.74 Å². The lowest BCUT2D eigenvalue weighted by Crippen LogP contribution is -2.25. The molecule has 1 aromatic carbocycles. The maximum absolute atomic E-state index is 12.0. The summed E-state index contributed by atoms with van der Waals surface area (Å²) in [6.07, 6.45) is 1.03. The van der Waals surface area contributed by atoms with E-state index in [4.69, 9.17) is 0 Å². The fourth-order valence-electron chi connectivity index (χ4n) is 1.35. The molecule has 0 unspecified atom stereocenters. The molecule has 1 rings (SSSR count). The number of hydrogen-bond acceptors (Lipinski definition) is 3. The first-order valence-electron chi connectivity index (χ1n) is 4.80. The number of alkyl halides is 2. The molecular weight excluding hydrogens is 252 g/mol. The third kappa shape index (κ3) is 5.10. The molecule has 4 nitrogen and oxygen atoms in total. The SMILES string of the molecule is C[C@@H](NS(C)(=O)=O)c1cccc(OC(F)F)c1. The summed E-state index contributed by atoms with van der Waals surface area (Å²) < 4.78 is 52.6. The molecule has 0 fully saturated rings. The van der Waals surface area contributed by atoms with E-state index in [1.165, 1.54) is 18.2 Å². The Morgan fingerprint density at radius 3 is 2.53 bits per heavy atom. The van der Waals surface area contributed by atoms with Crippen LogP contribution in [0.5, 0.6) is 5.75 Å². The van der Waals surface area contributed by atoms with Crippen LogP contribution in [0.25, 0.3) is 0 Å². The van der Waals surface area contributed by atoms with Gasteiger partial charge in [0, 0.05) is 6.04 Å². The molecule has 1 atom stereocenters. The van der Waals surface area contributed by atoms with Crippen molar-refractivity contribution >= 4 is 10.0 Å².